The summed E-state index contributed by atoms with van der Waals surface area (Å²) in [6, 6.07) is 14.0. The summed E-state index contributed by atoms with van der Waals surface area (Å²) in [5, 5.41) is 9.60. The second kappa shape index (κ2) is 6.80. The lowest BCUT2D eigenvalue weighted by molar-refractivity contribution is -0.123. The van der Waals surface area contributed by atoms with Crippen molar-refractivity contribution in [3.8, 4) is 11.5 Å². The Kier molecular flexibility index (Phi) is 4.57. The Morgan fingerprint density at radius 1 is 1.17 bits per heavy atom. The number of hydrogen-bond acceptors (Lipinski definition) is 5. The quantitative estimate of drug-likeness (QED) is 0.860. The van der Waals surface area contributed by atoms with Crippen molar-refractivity contribution in [2.24, 2.45) is 0 Å². The number of methoxy groups -OCH3 is 1. The van der Waals surface area contributed by atoms with Crippen molar-refractivity contribution in [3.05, 3.63) is 64.6 Å². The van der Waals surface area contributed by atoms with Crippen molar-refractivity contribution in [1.82, 2.24) is 4.90 Å². The number of hydrogen-bond donors (Lipinski definition) is 1. The predicted molar refractivity (Wildman–Crippen MR) is 92.6 cm³/mol. The molecule has 1 saturated heterocycles. The molecule has 1 fully saturated rings. The maximum Gasteiger partial charge on any atom is 0.293 e. The maximum atomic E-state index is 12.5. The van der Waals surface area contributed by atoms with E-state index in [9.17, 15) is 14.7 Å². The first-order valence-electron chi connectivity index (χ1n) is 7.25. The summed E-state index contributed by atoms with van der Waals surface area (Å²) in [4.78, 5) is 26.1. The average Bonchev–Trinajstić information content (AvgIpc) is 2.85. The molecule has 0 aromatic heterocycles. The van der Waals surface area contributed by atoms with E-state index in [4.69, 9.17) is 4.74 Å². The van der Waals surface area contributed by atoms with Crippen LogP contribution in [0.4, 0.5) is 4.79 Å². The standard InChI is InChI=1S/C18H15NO4S/c1-23-14-7-8-15(20)13(9-14)10-16-17(21)19(18(22)24-16)11-12-5-3-2-4-6-12/h2-10,20H,11H2,1H3/b16-10-. The van der Waals surface area contributed by atoms with E-state index in [-0.39, 0.29) is 28.3 Å². The van der Waals surface area contributed by atoms with Crippen molar-refractivity contribution >= 4 is 29.0 Å². The van der Waals surface area contributed by atoms with Crippen LogP contribution in [-0.2, 0) is 11.3 Å². The van der Waals surface area contributed by atoms with Crippen LogP contribution in [0, 0.1) is 0 Å². The number of nitrogens with zero attached hydrogens (tertiary/aromatic N) is 1. The number of amides is 2. The molecule has 5 nitrogen and oxygen atoms in total. The average molecular weight is 341 g/mol. The molecule has 0 unspecified atom stereocenters. The van der Waals surface area contributed by atoms with E-state index in [1.54, 1.807) is 12.1 Å². The van der Waals surface area contributed by atoms with Crippen LogP contribution in [-0.4, -0.2) is 28.3 Å². The fourth-order valence-corrected chi connectivity index (χ4v) is 3.15. The van der Waals surface area contributed by atoms with Gasteiger partial charge in [0.25, 0.3) is 11.1 Å². The molecule has 1 aliphatic rings. The van der Waals surface area contributed by atoms with E-state index in [2.05, 4.69) is 0 Å². The van der Waals surface area contributed by atoms with Gasteiger partial charge in [0.05, 0.1) is 18.6 Å². The molecule has 3 rings (SSSR count). The first-order chi connectivity index (χ1) is 11.6. The summed E-state index contributed by atoms with van der Waals surface area (Å²) in [5.74, 6) is 0.212. The number of ether oxygens (including phenoxy) is 1. The topological polar surface area (TPSA) is 66.8 Å². The van der Waals surface area contributed by atoms with Gasteiger partial charge in [0.1, 0.15) is 11.5 Å². The van der Waals surface area contributed by atoms with Gasteiger partial charge >= 0.3 is 0 Å². The third-order valence-electron chi connectivity index (χ3n) is 3.58. The molecule has 2 aromatic rings. The van der Waals surface area contributed by atoms with E-state index < -0.39 is 0 Å². The zero-order valence-electron chi connectivity index (χ0n) is 12.9. The third kappa shape index (κ3) is 3.28. The molecule has 1 N–H and O–H groups in total. The summed E-state index contributed by atoms with van der Waals surface area (Å²) in [5.41, 5.74) is 1.31. The molecule has 0 spiro atoms. The highest BCUT2D eigenvalue weighted by atomic mass is 32.2. The van der Waals surface area contributed by atoms with Crippen molar-refractivity contribution in [2.45, 2.75) is 6.54 Å². The monoisotopic (exact) mass is 341 g/mol. The largest absolute Gasteiger partial charge is 0.507 e. The molecule has 0 radical (unpaired) electrons. The van der Waals surface area contributed by atoms with Gasteiger partial charge in [0.2, 0.25) is 0 Å². The Bertz CT molecular complexity index is 817. The molecule has 122 valence electrons. The number of phenolic OH excluding ortho intramolecular Hbond substituents is 1. The molecule has 1 aliphatic heterocycles. The second-order valence-corrected chi connectivity index (χ2v) is 6.17. The van der Waals surface area contributed by atoms with Crippen LogP contribution in [0.5, 0.6) is 11.5 Å². The lowest BCUT2D eigenvalue weighted by Gasteiger charge is -2.12. The number of carbonyl (C=O) groups excluding carboxylic acids is 2. The van der Waals surface area contributed by atoms with Gasteiger partial charge in [-0.3, -0.25) is 14.5 Å². The summed E-state index contributed by atoms with van der Waals surface area (Å²) in [6.45, 7) is 0.229. The molecular formula is C18H15NO4S. The fraction of sp³-hybridized carbons (Fsp3) is 0.111. The van der Waals surface area contributed by atoms with Gasteiger partial charge in [0.15, 0.2) is 0 Å². The molecular weight excluding hydrogens is 326 g/mol. The molecule has 24 heavy (non-hydrogen) atoms. The minimum atomic E-state index is -0.365. The number of phenols is 1. The van der Waals surface area contributed by atoms with Gasteiger partial charge in [-0.25, -0.2) is 0 Å². The number of benzene rings is 2. The van der Waals surface area contributed by atoms with Gasteiger partial charge in [0, 0.05) is 5.56 Å². The van der Waals surface area contributed by atoms with E-state index in [0.29, 0.717) is 11.3 Å². The first-order valence-corrected chi connectivity index (χ1v) is 8.06. The highest BCUT2D eigenvalue weighted by Gasteiger charge is 2.35. The molecule has 6 heteroatoms. The molecule has 0 saturated carbocycles. The molecule has 2 amide bonds. The Morgan fingerprint density at radius 2 is 1.92 bits per heavy atom. The van der Waals surface area contributed by atoms with Crippen LogP contribution in [0.1, 0.15) is 11.1 Å². The Balaban J connectivity index is 1.86. The molecule has 2 aromatic carbocycles. The molecule has 1 heterocycles. The minimum absolute atomic E-state index is 0.0191. The molecule has 0 bridgehead atoms. The highest BCUT2D eigenvalue weighted by molar-refractivity contribution is 8.18. The van der Waals surface area contributed by atoms with Gasteiger partial charge in [-0.05, 0) is 41.6 Å². The van der Waals surface area contributed by atoms with E-state index >= 15 is 0 Å². The number of rotatable bonds is 4. The fourth-order valence-electron chi connectivity index (χ4n) is 2.32. The van der Waals surface area contributed by atoms with Gasteiger partial charge in [-0.15, -0.1) is 0 Å². The van der Waals surface area contributed by atoms with E-state index in [1.807, 2.05) is 30.3 Å². The number of imide groups is 1. The smallest absolute Gasteiger partial charge is 0.293 e. The zero-order chi connectivity index (χ0) is 17.1. The maximum absolute atomic E-state index is 12.5. The normalized spacial score (nSPS) is 16.0. The first kappa shape index (κ1) is 16.1. The van der Waals surface area contributed by atoms with Crippen molar-refractivity contribution in [1.29, 1.82) is 0 Å². The number of thioether (sulfide) groups is 1. The Hall–Kier alpha value is -2.73. The lowest BCUT2D eigenvalue weighted by Crippen LogP contribution is -2.27. The zero-order valence-corrected chi connectivity index (χ0v) is 13.7. The highest BCUT2D eigenvalue weighted by Crippen LogP contribution is 2.35. The molecule has 0 aliphatic carbocycles. The predicted octanol–water partition coefficient (Wildman–Crippen LogP) is 3.64. The third-order valence-corrected chi connectivity index (χ3v) is 4.49. The van der Waals surface area contributed by atoms with E-state index in [1.165, 1.54) is 24.2 Å². The summed E-state index contributed by atoms with van der Waals surface area (Å²) in [7, 11) is 1.52. The summed E-state index contributed by atoms with van der Waals surface area (Å²) in [6.07, 6.45) is 1.51. The summed E-state index contributed by atoms with van der Waals surface area (Å²) >= 11 is 0.865. The lowest BCUT2D eigenvalue weighted by atomic mass is 10.1. The number of aromatic hydroxyl groups is 1. The van der Waals surface area contributed by atoms with Crippen LogP contribution < -0.4 is 4.74 Å². The van der Waals surface area contributed by atoms with Crippen molar-refractivity contribution < 1.29 is 19.4 Å². The van der Waals surface area contributed by atoms with Crippen LogP contribution in [0.25, 0.3) is 6.08 Å². The van der Waals surface area contributed by atoms with Crippen LogP contribution in [0.2, 0.25) is 0 Å². The summed E-state index contributed by atoms with van der Waals surface area (Å²) < 4.78 is 5.11. The SMILES string of the molecule is COc1ccc(O)c(/C=C2\SC(=O)N(Cc3ccccc3)C2=O)c1. The van der Waals surface area contributed by atoms with Crippen LogP contribution in [0.15, 0.2) is 53.4 Å². The van der Waals surface area contributed by atoms with Crippen molar-refractivity contribution in [3.63, 3.8) is 0 Å². The Morgan fingerprint density at radius 3 is 2.62 bits per heavy atom. The van der Waals surface area contributed by atoms with E-state index in [0.717, 1.165) is 17.3 Å². The van der Waals surface area contributed by atoms with Crippen LogP contribution in [0.3, 0.4) is 0 Å². The van der Waals surface area contributed by atoms with Gasteiger partial charge in [-0.2, -0.15) is 0 Å². The van der Waals surface area contributed by atoms with Gasteiger partial charge in [-0.1, -0.05) is 30.3 Å². The Labute approximate surface area is 143 Å². The van der Waals surface area contributed by atoms with Crippen molar-refractivity contribution in [2.75, 3.05) is 7.11 Å². The molecule has 0 atom stereocenters. The van der Waals surface area contributed by atoms with Crippen LogP contribution >= 0.6 is 11.8 Å². The number of carbonyl (C=O) groups is 2. The second-order valence-electron chi connectivity index (χ2n) is 5.18. The van der Waals surface area contributed by atoms with Gasteiger partial charge < -0.3 is 9.84 Å². The minimum Gasteiger partial charge on any atom is -0.507 e.